The molecule has 4 nitrogen and oxygen atoms in total. The van der Waals surface area contributed by atoms with Crippen molar-refractivity contribution >= 4 is 17.5 Å². The Morgan fingerprint density at radius 2 is 1.86 bits per heavy atom. The van der Waals surface area contributed by atoms with Gasteiger partial charge in [-0.15, -0.1) is 0 Å². The summed E-state index contributed by atoms with van der Waals surface area (Å²) < 4.78 is 0. The quantitative estimate of drug-likeness (QED) is 0.893. The second-order valence-electron chi connectivity index (χ2n) is 6.12. The molecular weight excluding hydrogens is 286 g/mol. The Morgan fingerprint density at radius 3 is 2.43 bits per heavy atom. The van der Waals surface area contributed by atoms with E-state index in [-0.39, 0.29) is 12.5 Å². The highest BCUT2D eigenvalue weighted by Crippen LogP contribution is 2.36. The van der Waals surface area contributed by atoms with Gasteiger partial charge in [0.15, 0.2) is 0 Å². The normalized spacial score (nSPS) is 28.6. The second kappa shape index (κ2) is 6.34. The molecule has 2 fully saturated rings. The van der Waals surface area contributed by atoms with Crippen LogP contribution in [0.25, 0.3) is 0 Å². The summed E-state index contributed by atoms with van der Waals surface area (Å²) in [6, 6.07) is 9.54. The molecule has 3 N–H and O–H groups in total. The van der Waals surface area contributed by atoms with Gasteiger partial charge in [-0.3, -0.25) is 9.69 Å². The van der Waals surface area contributed by atoms with Crippen molar-refractivity contribution in [1.29, 1.82) is 0 Å². The second-order valence-corrected chi connectivity index (χ2v) is 6.56. The molecule has 2 aliphatic heterocycles. The van der Waals surface area contributed by atoms with E-state index in [4.69, 9.17) is 17.3 Å². The third-order valence-electron chi connectivity index (χ3n) is 4.71. The van der Waals surface area contributed by atoms with E-state index in [9.17, 15) is 4.79 Å². The molecule has 114 valence electrons. The van der Waals surface area contributed by atoms with Crippen LogP contribution in [0, 0.1) is 0 Å². The maximum Gasteiger partial charge on any atom is 0.233 e. The maximum atomic E-state index is 11.5. The van der Waals surface area contributed by atoms with Crippen molar-refractivity contribution in [1.82, 2.24) is 10.2 Å². The van der Waals surface area contributed by atoms with Crippen LogP contribution < -0.4 is 11.1 Å². The topological polar surface area (TPSA) is 58.4 Å². The van der Waals surface area contributed by atoms with Crippen LogP contribution >= 0.6 is 11.6 Å². The molecule has 2 heterocycles. The number of rotatable bonds is 4. The summed E-state index contributed by atoms with van der Waals surface area (Å²) in [5, 5.41) is 3.84. The average molecular weight is 308 g/mol. The molecular formula is C16H22ClN3O. The average Bonchev–Trinajstić information content (AvgIpc) is 2.71. The van der Waals surface area contributed by atoms with Crippen LogP contribution in [0.3, 0.4) is 0 Å². The Bertz CT molecular complexity index is 491. The SMILES string of the molecule is NCC(=O)N[C@H]1C[C@H]2CC[C@@H](C1)N2Cc1ccc(Cl)cc1. The molecule has 0 aliphatic carbocycles. The van der Waals surface area contributed by atoms with Gasteiger partial charge in [0.2, 0.25) is 5.91 Å². The first kappa shape index (κ1) is 14.8. The number of hydrogen-bond donors (Lipinski definition) is 2. The number of halogens is 1. The molecule has 2 saturated heterocycles. The molecule has 2 bridgehead atoms. The van der Waals surface area contributed by atoms with E-state index in [0.717, 1.165) is 24.4 Å². The predicted molar refractivity (Wildman–Crippen MR) is 84.0 cm³/mol. The number of nitrogens with two attached hydrogens (primary N) is 1. The Labute approximate surface area is 130 Å². The van der Waals surface area contributed by atoms with E-state index in [0.29, 0.717) is 18.1 Å². The van der Waals surface area contributed by atoms with Crippen molar-refractivity contribution < 1.29 is 4.79 Å². The minimum absolute atomic E-state index is 0.0365. The van der Waals surface area contributed by atoms with Gasteiger partial charge in [0.1, 0.15) is 0 Å². The minimum Gasteiger partial charge on any atom is -0.352 e. The van der Waals surface area contributed by atoms with Crippen molar-refractivity contribution in [3.8, 4) is 0 Å². The van der Waals surface area contributed by atoms with Crippen LogP contribution in [0.4, 0.5) is 0 Å². The fraction of sp³-hybridized carbons (Fsp3) is 0.562. The summed E-state index contributed by atoms with van der Waals surface area (Å²) >= 11 is 5.94. The number of nitrogens with zero attached hydrogens (tertiary/aromatic N) is 1. The number of benzene rings is 1. The molecule has 1 aromatic rings. The van der Waals surface area contributed by atoms with Crippen molar-refractivity contribution in [2.45, 2.75) is 50.4 Å². The zero-order valence-electron chi connectivity index (χ0n) is 12.1. The van der Waals surface area contributed by atoms with Crippen molar-refractivity contribution in [2.75, 3.05) is 6.54 Å². The highest BCUT2D eigenvalue weighted by atomic mass is 35.5. The number of amides is 1. The Balaban J connectivity index is 1.62. The first-order chi connectivity index (χ1) is 10.2. The van der Waals surface area contributed by atoms with Crippen molar-refractivity contribution in [3.05, 3.63) is 34.9 Å². The van der Waals surface area contributed by atoms with E-state index in [1.54, 1.807) is 0 Å². The number of carbonyl (C=O) groups is 1. The molecule has 0 radical (unpaired) electrons. The number of carbonyl (C=O) groups excluding carboxylic acids is 1. The largest absolute Gasteiger partial charge is 0.352 e. The van der Waals surface area contributed by atoms with Crippen LogP contribution in [0.15, 0.2) is 24.3 Å². The summed E-state index contributed by atoms with van der Waals surface area (Å²) in [6.45, 7) is 1.06. The minimum atomic E-state index is -0.0365. The van der Waals surface area contributed by atoms with Gasteiger partial charge in [0.05, 0.1) is 6.54 Å². The van der Waals surface area contributed by atoms with Gasteiger partial charge >= 0.3 is 0 Å². The Hall–Kier alpha value is -1.10. The van der Waals surface area contributed by atoms with Crippen LogP contribution in [-0.2, 0) is 11.3 Å². The third kappa shape index (κ3) is 3.39. The van der Waals surface area contributed by atoms with Gasteiger partial charge in [-0.2, -0.15) is 0 Å². The van der Waals surface area contributed by atoms with Gasteiger partial charge in [-0.1, -0.05) is 23.7 Å². The summed E-state index contributed by atoms with van der Waals surface area (Å²) in [5.41, 5.74) is 6.69. The summed E-state index contributed by atoms with van der Waals surface area (Å²) in [6.07, 6.45) is 4.53. The highest BCUT2D eigenvalue weighted by molar-refractivity contribution is 6.30. The zero-order valence-corrected chi connectivity index (χ0v) is 12.9. The maximum absolute atomic E-state index is 11.5. The van der Waals surface area contributed by atoms with Gasteiger partial charge in [0, 0.05) is 29.7 Å². The fourth-order valence-corrected chi connectivity index (χ4v) is 3.86. The molecule has 0 saturated carbocycles. The molecule has 2 aliphatic rings. The molecule has 0 unspecified atom stereocenters. The predicted octanol–water partition coefficient (Wildman–Crippen LogP) is 1.91. The molecule has 3 rings (SSSR count). The third-order valence-corrected chi connectivity index (χ3v) is 4.97. The molecule has 21 heavy (non-hydrogen) atoms. The molecule has 5 heteroatoms. The van der Waals surface area contributed by atoms with Crippen LogP contribution in [0.5, 0.6) is 0 Å². The van der Waals surface area contributed by atoms with Crippen LogP contribution in [-0.4, -0.2) is 35.5 Å². The number of piperidine rings is 1. The van der Waals surface area contributed by atoms with Crippen molar-refractivity contribution in [3.63, 3.8) is 0 Å². The lowest BCUT2D eigenvalue weighted by Crippen LogP contribution is -2.50. The van der Waals surface area contributed by atoms with Gasteiger partial charge < -0.3 is 11.1 Å². The van der Waals surface area contributed by atoms with Crippen LogP contribution in [0.1, 0.15) is 31.2 Å². The van der Waals surface area contributed by atoms with Crippen molar-refractivity contribution in [2.24, 2.45) is 5.73 Å². The molecule has 1 amide bonds. The highest BCUT2D eigenvalue weighted by Gasteiger charge is 2.40. The van der Waals surface area contributed by atoms with Crippen LogP contribution in [0.2, 0.25) is 5.02 Å². The smallest absolute Gasteiger partial charge is 0.233 e. The zero-order chi connectivity index (χ0) is 14.8. The van der Waals surface area contributed by atoms with E-state index >= 15 is 0 Å². The summed E-state index contributed by atoms with van der Waals surface area (Å²) in [5.74, 6) is -0.0365. The monoisotopic (exact) mass is 307 g/mol. The van der Waals surface area contributed by atoms with E-state index in [1.165, 1.54) is 18.4 Å². The van der Waals surface area contributed by atoms with E-state index < -0.39 is 0 Å². The van der Waals surface area contributed by atoms with E-state index in [2.05, 4.69) is 22.3 Å². The van der Waals surface area contributed by atoms with Gasteiger partial charge in [0.25, 0.3) is 0 Å². The standard InChI is InChI=1S/C16H22ClN3O/c17-12-3-1-11(2-4-12)10-20-14-5-6-15(20)8-13(7-14)19-16(21)9-18/h1-4,13-15H,5-10,18H2,(H,19,21)/t13-,14+,15-. The Morgan fingerprint density at radius 1 is 1.24 bits per heavy atom. The molecule has 1 aromatic carbocycles. The molecule has 0 spiro atoms. The fourth-order valence-electron chi connectivity index (χ4n) is 3.74. The first-order valence-electron chi connectivity index (χ1n) is 7.65. The first-order valence-corrected chi connectivity index (χ1v) is 8.03. The van der Waals surface area contributed by atoms with E-state index in [1.807, 2.05) is 12.1 Å². The Kier molecular flexibility index (Phi) is 4.48. The summed E-state index contributed by atoms with van der Waals surface area (Å²) in [4.78, 5) is 14.0. The number of nitrogens with one attached hydrogen (secondary N) is 1. The van der Waals surface area contributed by atoms with Gasteiger partial charge in [-0.25, -0.2) is 0 Å². The lowest BCUT2D eigenvalue weighted by atomic mass is 9.96. The lowest BCUT2D eigenvalue weighted by molar-refractivity contribution is -0.120. The summed E-state index contributed by atoms with van der Waals surface area (Å²) in [7, 11) is 0. The lowest BCUT2D eigenvalue weighted by Gasteiger charge is -2.39. The van der Waals surface area contributed by atoms with Gasteiger partial charge in [-0.05, 0) is 43.4 Å². The molecule has 0 aromatic heterocycles. The number of hydrogen-bond acceptors (Lipinski definition) is 3. The number of fused-ring (bicyclic) bond motifs is 2. The molecule has 3 atom stereocenters.